The summed E-state index contributed by atoms with van der Waals surface area (Å²) in [7, 11) is 0. The molecule has 0 saturated heterocycles. The molecule has 1 rings (SSSR count). The zero-order valence-electron chi connectivity index (χ0n) is 11.1. The Bertz CT molecular complexity index is 433. The molecule has 0 bridgehead atoms. The molecule has 110 valence electrons. The Balaban J connectivity index is 2.22. The first-order valence-electron chi connectivity index (χ1n) is 6.28. The van der Waals surface area contributed by atoms with Gasteiger partial charge in [-0.25, -0.2) is 0 Å². The van der Waals surface area contributed by atoms with Gasteiger partial charge in [-0.15, -0.1) is 6.58 Å². The molecule has 0 aliphatic carbocycles. The highest BCUT2D eigenvalue weighted by Gasteiger charge is 2.08. The average Bonchev–Trinajstić information content (AvgIpc) is 2.42. The van der Waals surface area contributed by atoms with E-state index in [0.717, 1.165) is 6.42 Å². The third-order valence-electron chi connectivity index (χ3n) is 2.40. The lowest BCUT2D eigenvalue weighted by Gasteiger charge is -2.09. The number of carbonyl (C=O) groups is 1. The zero-order chi connectivity index (χ0) is 14.8. The monoisotopic (exact) mass is 316 g/mol. The Labute approximate surface area is 129 Å². The van der Waals surface area contributed by atoms with E-state index in [1.165, 1.54) is 0 Å². The van der Waals surface area contributed by atoms with Crippen molar-refractivity contribution in [3.05, 3.63) is 40.9 Å². The Kier molecular flexibility index (Phi) is 8.30. The van der Waals surface area contributed by atoms with E-state index < -0.39 is 0 Å². The highest BCUT2D eigenvalue weighted by atomic mass is 35.5. The summed E-state index contributed by atoms with van der Waals surface area (Å²) in [6, 6.07) is 5.06. The molecule has 0 fully saturated rings. The second-order valence-corrected chi connectivity index (χ2v) is 4.83. The third-order valence-corrected chi connectivity index (χ3v) is 3.03. The molecule has 1 aromatic carbocycles. The van der Waals surface area contributed by atoms with Crippen molar-refractivity contribution in [1.29, 1.82) is 0 Å². The van der Waals surface area contributed by atoms with Crippen molar-refractivity contribution in [2.45, 2.75) is 6.42 Å². The van der Waals surface area contributed by atoms with Crippen LogP contribution in [0.4, 0.5) is 5.69 Å². The first kappa shape index (κ1) is 17.0. The Morgan fingerprint density at radius 1 is 1.30 bits per heavy atom. The molecule has 0 radical (unpaired) electrons. The van der Waals surface area contributed by atoms with Crippen LogP contribution in [0.2, 0.25) is 10.0 Å². The lowest BCUT2D eigenvalue weighted by atomic mass is 10.3. The molecule has 0 atom stereocenters. The number of benzene rings is 1. The number of hydrogen-bond donors (Lipinski definition) is 2. The van der Waals surface area contributed by atoms with Crippen molar-refractivity contribution >= 4 is 34.8 Å². The molecular weight excluding hydrogens is 299 g/mol. The predicted octanol–water partition coefficient (Wildman–Crippen LogP) is 3.11. The summed E-state index contributed by atoms with van der Waals surface area (Å²) in [5.74, 6) is -0.203. The fraction of sp³-hybridized carbons (Fsp3) is 0.357. The third kappa shape index (κ3) is 6.39. The maximum Gasteiger partial charge on any atom is 0.238 e. The minimum atomic E-state index is -0.203. The second-order valence-electron chi connectivity index (χ2n) is 4.01. The standard InChI is InChI=1S/C14H18Cl2N2O2/c1-2-3-8-20-9-7-17-10-13(19)18-14-11(15)5-4-6-12(14)16/h2,4-6,17H,1,3,7-10H2,(H,18,19). The molecule has 2 N–H and O–H groups in total. The van der Waals surface area contributed by atoms with E-state index in [-0.39, 0.29) is 12.5 Å². The van der Waals surface area contributed by atoms with Crippen molar-refractivity contribution < 1.29 is 9.53 Å². The van der Waals surface area contributed by atoms with Crippen molar-refractivity contribution in [3.8, 4) is 0 Å². The van der Waals surface area contributed by atoms with E-state index >= 15 is 0 Å². The number of anilines is 1. The van der Waals surface area contributed by atoms with Crippen LogP contribution in [0.25, 0.3) is 0 Å². The summed E-state index contributed by atoms with van der Waals surface area (Å²) in [6.07, 6.45) is 2.62. The summed E-state index contributed by atoms with van der Waals surface area (Å²) in [6.45, 7) is 5.57. The molecule has 6 heteroatoms. The molecule has 0 aliphatic heterocycles. The summed E-state index contributed by atoms with van der Waals surface area (Å²) >= 11 is 11.9. The molecule has 1 aromatic rings. The van der Waals surface area contributed by atoms with E-state index in [2.05, 4.69) is 17.2 Å². The lowest BCUT2D eigenvalue weighted by molar-refractivity contribution is -0.115. The average molecular weight is 317 g/mol. The van der Waals surface area contributed by atoms with Crippen LogP contribution in [0.1, 0.15) is 6.42 Å². The number of rotatable bonds is 9. The van der Waals surface area contributed by atoms with Gasteiger partial charge >= 0.3 is 0 Å². The van der Waals surface area contributed by atoms with Crippen LogP contribution in [0, 0.1) is 0 Å². The number of carbonyl (C=O) groups excluding carboxylic acids is 1. The van der Waals surface area contributed by atoms with Crippen LogP contribution in [0.5, 0.6) is 0 Å². The van der Waals surface area contributed by atoms with E-state index in [9.17, 15) is 4.79 Å². The maximum absolute atomic E-state index is 11.7. The van der Waals surface area contributed by atoms with Gasteiger partial charge in [0.2, 0.25) is 5.91 Å². The van der Waals surface area contributed by atoms with Crippen LogP contribution < -0.4 is 10.6 Å². The molecule has 0 unspecified atom stereocenters. The second kappa shape index (κ2) is 9.77. The van der Waals surface area contributed by atoms with Gasteiger partial charge in [0, 0.05) is 6.54 Å². The summed E-state index contributed by atoms with van der Waals surface area (Å²) in [4.78, 5) is 11.7. The van der Waals surface area contributed by atoms with Gasteiger partial charge < -0.3 is 15.4 Å². The van der Waals surface area contributed by atoms with Crippen LogP contribution in [-0.4, -0.2) is 32.2 Å². The largest absolute Gasteiger partial charge is 0.380 e. The normalized spacial score (nSPS) is 10.3. The molecule has 0 aromatic heterocycles. The zero-order valence-corrected chi connectivity index (χ0v) is 12.6. The minimum absolute atomic E-state index is 0.173. The first-order chi connectivity index (χ1) is 9.65. The van der Waals surface area contributed by atoms with Gasteiger partial charge in [-0.3, -0.25) is 4.79 Å². The first-order valence-corrected chi connectivity index (χ1v) is 7.04. The van der Waals surface area contributed by atoms with Crippen LogP contribution in [0.3, 0.4) is 0 Å². The summed E-state index contributed by atoms with van der Waals surface area (Å²) < 4.78 is 5.30. The van der Waals surface area contributed by atoms with E-state index in [4.69, 9.17) is 27.9 Å². The molecular formula is C14H18Cl2N2O2. The number of halogens is 2. The van der Waals surface area contributed by atoms with Crippen molar-refractivity contribution in [2.24, 2.45) is 0 Å². The molecule has 0 aliphatic rings. The number of hydrogen-bond acceptors (Lipinski definition) is 3. The lowest BCUT2D eigenvalue weighted by Crippen LogP contribution is -2.30. The van der Waals surface area contributed by atoms with Gasteiger partial charge in [-0.05, 0) is 18.6 Å². The topological polar surface area (TPSA) is 50.4 Å². The highest BCUT2D eigenvalue weighted by Crippen LogP contribution is 2.29. The fourth-order valence-corrected chi connectivity index (χ4v) is 1.91. The van der Waals surface area contributed by atoms with Gasteiger partial charge in [-0.2, -0.15) is 0 Å². The van der Waals surface area contributed by atoms with Gasteiger partial charge in [-0.1, -0.05) is 35.3 Å². The predicted molar refractivity (Wildman–Crippen MR) is 83.6 cm³/mol. The molecule has 4 nitrogen and oxygen atoms in total. The Hall–Kier alpha value is -1.07. The Morgan fingerprint density at radius 2 is 2.00 bits per heavy atom. The number of ether oxygens (including phenoxy) is 1. The van der Waals surface area contributed by atoms with Gasteiger partial charge in [0.05, 0.1) is 35.5 Å². The number of para-hydroxylation sites is 1. The Morgan fingerprint density at radius 3 is 2.65 bits per heavy atom. The fourth-order valence-electron chi connectivity index (χ4n) is 1.42. The summed E-state index contributed by atoms with van der Waals surface area (Å²) in [5, 5.41) is 6.47. The van der Waals surface area contributed by atoms with Crippen molar-refractivity contribution in [2.75, 3.05) is 31.6 Å². The van der Waals surface area contributed by atoms with Crippen LogP contribution in [-0.2, 0) is 9.53 Å². The molecule has 0 saturated carbocycles. The quantitative estimate of drug-likeness (QED) is 0.543. The molecule has 1 amide bonds. The minimum Gasteiger partial charge on any atom is -0.380 e. The van der Waals surface area contributed by atoms with Crippen molar-refractivity contribution in [1.82, 2.24) is 5.32 Å². The van der Waals surface area contributed by atoms with E-state index in [1.54, 1.807) is 24.3 Å². The highest BCUT2D eigenvalue weighted by molar-refractivity contribution is 6.39. The van der Waals surface area contributed by atoms with Crippen LogP contribution in [0.15, 0.2) is 30.9 Å². The van der Waals surface area contributed by atoms with Gasteiger partial charge in [0.15, 0.2) is 0 Å². The van der Waals surface area contributed by atoms with Crippen molar-refractivity contribution in [3.63, 3.8) is 0 Å². The SMILES string of the molecule is C=CCCOCCNCC(=O)Nc1c(Cl)cccc1Cl. The smallest absolute Gasteiger partial charge is 0.238 e. The summed E-state index contributed by atoms with van der Waals surface area (Å²) in [5.41, 5.74) is 0.435. The van der Waals surface area contributed by atoms with Gasteiger partial charge in [0.1, 0.15) is 0 Å². The van der Waals surface area contributed by atoms with Gasteiger partial charge in [0.25, 0.3) is 0 Å². The molecule has 0 heterocycles. The molecule has 0 spiro atoms. The van der Waals surface area contributed by atoms with Crippen LogP contribution >= 0.6 is 23.2 Å². The molecule has 20 heavy (non-hydrogen) atoms. The van der Waals surface area contributed by atoms with E-state index in [0.29, 0.717) is 35.5 Å². The number of nitrogens with one attached hydrogen (secondary N) is 2. The van der Waals surface area contributed by atoms with E-state index in [1.807, 2.05) is 0 Å². The number of amides is 1. The maximum atomic E-state index is 11.7.